The predicted octanol–water partition coefficient (Wildman–Crippen LogP) is 10.0. The van der Waals surface area contributed by atoms with Crippen LogP contribution in [0.4, 0.5) is 0 Å². The van der Waals surface area contributed by atoms with Gasteiger partial charge in [-0.25, -0.2) is 0 Å². The molecule has 6 N–H and O–H groups in total. The quantitative estimate of drug-likeness (QED) is 0.0267. The first-order valence-electron chi connectivity index (χ1n) is 23.5. The Bertz CT molecular complexity index is 1090. The molecule has 9 heteroatoms. The number of hydrogen-bond donors (Lipinski definition) is 6. The van der Waals surface area contributed by atoms with Gasteiger partial charge in [-0.2, -0.15) is 0 Å². The summed E-state index contributed by atoms with van der Waals surface area (Å²) in [6.45, 7) is 3.65. The zero-order valence-electron chi connectivity index (χ0n) is 36.8. The summed E-state index contributed by atoms with van der Waals surface area (Å²) in [6, 6.07) is -0.821. The number of aliphatic hydroxyl groups excluding tert-OH is 5. The third kappa shape index (κ3) is 29.2. The van der Waals surface area contributed by atoms with Gasteiger partial charge in [0.2, 0.25) is 5.91 Å². The fourth-order valence-corrected chi connectivity index (χ4v) is 6.99. The largest absolute Gasteiger partial charge is 0.394 e. The van der Waals surface area contributed by atoms with E-state index in [1.807, 2.05) is 6.08 Å². The Balaban J connectivity index is 2.19. The summed E-state index contributed by atoms with van der Waals surface area (Å²) in [7, 11) is 0. The van der Waals surface area contributed by atoms with E-state index in [0.29, 0.717) is 6.42 Å². The van der Waals surface area contributed by atoms with Crippen LogP contribution in [0.1, 0.15) is 187 Å². The summed E-state index contributed by atoms with van der Waals surface area (Å²) in [5.74, 6) is -0.195. The number of hydrogen-bond acceptors (Lipinski definition) is 8. The van der Waals surface area contributed by atoms with Gasteiger partial charge in [0, 0.05) is 6.42 Å². The number of amides is 1. The Kier molecular flexibility index (Phi) is 36.3. The fourth-order valence-electron chi connectivity index (χ4n) is 6.99. The maximum Gasteiger partial charge on any atom is 0.220 e. The molecule has 0 bridgehead atoms. The number of aliphatic hydroxyl groups is 5. The van der Waals surface area contributed by atoms with Crippen LogP contribution < -0.4 is 5.32 Å². The molecular formula is C49H87NO8. The third-order valence-electron chi connectivity index (χ3n) is 10.8. The second-order valence-electron chi connectivity index (χ2n) is 16.2. The Hall–Kier alpha value is -2.11. The summed E-state index contributed by atoms with van der Waals surface area (Å²) < 4.78 is 11.1. The average Bonchev–Trinajstić information content (AvgIpc) is 3.22. The zero-order valence-corrected chi connectivity index (χ0v) is 36.8. The monoisotopic (exact) mass is 818 g/mol. The van der Waals surface area contributed by atoms with Crippen molar-refractivity contribution < 1.29 is 39.8 Å². The van der Waals surface area contributed by atoms with E-state index in [-0.39, 0.29) is 12.5 Å². The van der Waals surface area contributed by atoms with E-state index in [1.54, 1.807) is 6.08 Å². The molecule has 1 aliphatic rings. The first kappa shape index (κ1) is 53.9. The zero-order chi connectivity index (χ0) is 42.3. The van der Waals surface area contributed by atoms with Crippen molar-refractivity contribution in [2.75, 3.05) is 13.2 Å². The molecule has 1 amide bonds. The van der Waals surface area contributed by atoms with E-state index in [9.17, 15) is 30.3 Å². The van der Waals surface area contributed by atoms with Crippen molar-refractivity contribution in [2.24, 2.45) is 0 Å². The Morgan fingerprint density at radius 3 is 1.62 bits per heavy atom. The lowest BCUT2D eigenvalue weighted by Crippen LogP contribution is -2.60. The van der Waals surface area contributed by atoms with Gasteiger partial charge in [-0.1, -0.05) is 177 Å². The number of unbranched alkanes of at least 4 members (excludes halogenated alkanes) is 20. The Morgan fingerprint density at radius 1 is 0.586 bits per heavy atom. The van der Waals surface area contributed by atoms with Crippen molar-refractivity contribution >= 4 is 5.91 Å². The minimum Gasteiger partial charge on any atom is -0.394 e. The van der Waals surface area contributed by atoms with Gasteiger partial charge in [0.25, 0.3) is 0 Å². The maximum atomic E-state index is 12.9. The van der Waals surface area contributed by atoms with E-state index >= 15 is 0 Å². The second kappa shape index (κ2) is 39.1. The number of nitrogens with one attached hydrogen (secondary N) is 1. The molecule has 0 aliphatic carbocycles. The van der Waals surface area contributed by atoms with Crippen molar-refractivity contribution in [3.8, 4) is 0 Å². The van der Waals surface area contributed by atoms with Crippen LogP contribution in [0.5, 0.6) is 0 Å². The highest BCUT2D eigenvalue weighted by Gasteiger charge is 2.44. The Labute approximate surface area is 354 Å². The van der Waals surface area contributed by atoms with Crippen molar-refractivity contribution in [1.29, 1.82) is 0 Å². The van der Waals surface area contributed by atoms with Crippen LogP contribution in [0.15, 0.2) is 60.8 Å². The first-order valence-corrected chi connectivity index (χ1v) is 23.5. The van der Waals surface area contributed by atoms with Gasteiger partial charge in [-0.3, -0.25) is 4.79 Å². The van der Waals surface area contributed by atoms with Crippen LogP contribution in [0.25, 0.3) is 0 Å². The molecule has 0 aromatic carbocycles. The molecule has 0 saturated carbocycles. The van der Waals surface area contributed by atoms with E-state index in [4.69, 9.17) is 9.47 Å². The number of rotatable bonds is 38. The average molecular weight is 818 g/mol. The van der Waals surface area contributed by atoms with E-state index in [1.165, 1.54) is 103 Å². The topological polar surface area (TPSA) is 149 Å². The lowest BCUT2D eigenvalue weighted by Gasteiger charge is -2.40. The number of carbonyl (C=O) groups excluding carboxylic acids is 1. The SMILES string of the molecule is CCCC/C=C/CC/C=C/C(O)C(COC1OC(CO)C(O)C(O)C1O)NC(=O)CCCCCCCCCCCCCC/C=C\C/C=C\C/C=C\CCCCCCC. The van der Waals surface area contributed by atoms with E-state index in [0.717, 1.165) is 64.2 Å². The van der Waals surface area contributed by atoms with Crippen LogP contribution in [0.3, 0.4) is 0 Å². The highest BCUT2D eigenvalue weighted by atomic mass is 16.7. The van der Waals surface area contributed by atoms with Gasteiger partial charge >= 0.3 is 0 Å². The molecule has 58 heavy (non-hydrogen) atoms. The highest BCUT2D eigenvalue weighted by molar-refractivity contribution is 5.76. The van der Waals surface area contributed by atoms with Crippen LogP contribution in [-0.2, 0) is 14.3 Å². The van der Waals surface area contributed by atoms with Gasteiger partial charge < -0.3 is 40.3 Å². The highest BCUT2D eigenvalue weighted by Crippen LogP contribution is 2.22. The molecular weight excluding hydrogens is 731 g/mol. The summed E-state index contributed by atoms with van der Waals surface area (Å²) in [5.41, 5.74) is 0. The minimum atomic E-state index is -1.57. The van der Waals surface area contributed by atoms with Gasteiger partial charge in [0.05, 0.1) is 25.4 Å². The third-order valence-corrected chi connectivity index (χ3v) is 10.8. The molecule has 1 fully saturated rings. The lowest BCUT2D eigenvalue weighted by molar-refractivity contribution is -0.302. The number of carbonyl (C=O) groups is 1. The summed E-state index contributed by atoms with van der Waals surface area (Å²) in [5, 5.41) is 53.9. The molecule has 1 aliphatic heterocycles. The molecule has 1 heterocycles. The van der Waals surface area contributed by atoms with Crippen molar-refractivity contribution in [2.45, 2.75) is 230 Å². The first-order chi connectivity index (χ1) is 28.3. The van der Waals surface area contributed by atoms with Crippen molar-refractivity contribution in [3.05, 3.63) is 60.8 Å². The van der Waals surface area contributed by atoms with Gasteiger partial charge in [0.1, 0.15) is 24.4 Å². The smallest absolute Gasteiger partial charge is 0.220 e. The molecule has 7 unspecified atom stereocenters. The van der Waals surface area contributed by atoms with E-state index in [2.05, 4.69) is 67.8 Å². The molecule has 7 atom stereocenters. The van der Waals surface area contributed by atoms with Crippen LogP contribution >= 0.6 is 0 Å². The summed E-state index contributed by atoms with van der Waals surface area (Å²) in [6.07, 6.45) is 44.4. The van der Waals surface area contributed by atoms with Crippen LogP contribution in [0, 0.1) is 0 Å². The predicted molar refractivity (Wildman–Crippen MR) is 239 cm³/mol. The molecule has 0 aromatic heterocycles. The van der Waals surface area contributed by atoms with Crippen molar-refractivity contribution in [1.82, 2.24) is 5.32 Å². The number of allylic oxidation sites excluding steroid dienone is 9. The lowest BCUT2D eigenvalue weighted by atomic mass is 9.99. The second-order valence-corrected chi connectivity index (χ2v) is 16.2. The summed E-state index contributed by atoms with van der Waals surface area (Å²) in [4.78, 5) is 12.9. The fraction of sp³-hybridized carbons (Fsp3) is 0.776. The molecule has 0 aromatic rings. The summed E-state index contributed by atoms with van der Waals surface area (Å²) >= 11 is 0. The maximum absolute atomic E-state index is 12.9. The van der Waals surface area contributed by atoms with Gasteiger partial charge in [0.15, 0.2) is 6.29 Å². The van der Waals surface area contributed by atoms with Gasteiger partial charge in [-0.15, -0.1) is 0 Å². The molecule has 0 spiro atoms. The normalized spacial score (nSPS) is 21.4. The van der Waals surface area contributed by atoms with Crippen LogP contribution in [0.2, 0.25) is 0 Å². The molecule has 1 saturated heterocycles. The van der Waals surface area contributed by atoms with E-state index < -0.39 is 49.5 Å². The minimum absolute atomic E-state index is 0.195. The van der Waals surface area contributed by atoms with Crippen LogP contribution in [-0.4, -0.2) is 87.5 Å². The molecule has 336 valence electrons. The van der Waals surface area contributed by atoms with Crippen molar-refractivity contribution in [3.63, 3.8) is 0 Å². The standard InChI is InChI=1S/C49H87NO8/c1-3-5-7-9-11-13-14-15-16-17-18-19-20-21-22-23-24-25-26-27-28-29-30-31-33-35-37-39-45(53)50-42(43(52)38-36-34-32-12-10-8-6-4-2)41-57-49-48(56)47(55)46(54)44(40-51)58-49/h10,12,14-15,17-18,20-21,36,38,42-44,46-49,51-52,54-56H,3-9,11,13,16,19,22-35,37,39-41H2,1-2H3,(H,50,53)/b12-10+,15-14-,18-17-,21-20-,38-36+. The number of ether oxygens (including phenoxy) is 2. The molecule has 0 radical (unpaired) electrons. The van der Waals surface area contributed by atoms with Gasteiger partial charge in [-0.05, 0) is 64.2 Å². The molecule has 1 rings (SSSR count). The molecule has 9 nitrogen and oxygen atoms in total. The Morgan fingerprint density at radius 2 is 1.05 bits per heavy atom.